The lowest BCUT2D eigenvalue weighted by Crippen LogP contribution is -2.03. The molecule has 3 heteroatoms. The van der Waals surface area contributed by atoms with Crippen LogP contribution in [0.25, 0.3) is 4.98 Å². The van der Waals surface area contributed by atoms with Gasteiger partial charge in [0.1, 0.15) is 5.03 Å². The molecule has 0 aromatic heterocycles. The Morgan fingerprint density at radius 2 is 2.00 bits per heavy atom. The van der Waals surface area contributed by atoms with Crippen molar-refractivity contribution in [2.24, 2.45) is 5.41 Å². The molecule has 0 heterocycles. The van der Waals surface area contributed by atoms with E-state index in [0.29, 0.717) is 5.03 Å². The summed E-state index contributed by atoms with van der Waals surface area (Å²) in [6.07, 6.45) is 1.24. The van der Waals surface area contributed by atoms with Gasteiger partial charge in [0.05, 0.1) is 0 Å². The molecule has 0 saturated carbocycles. The third kappa shape index (κ3) is 3.10. The van der Waals surface area contributed by atoms with Crippen molar-refractivity contribution in [3.8, 4) is 0 Å². The summed E-state index contributed by atoms with van der Waals surface area (Å²) in [5.74, 6) is 0. The minimum absolute atomic E-state index is 0.117. The minimum atomic E-state index is -0.117. The normalized spacial score (nSPS) is 13.0. The van der Waals surface area contributed by atoms with Gasteiger partial charge in [-0.15, -0.1) is 0 Å². The van der Waals surface area contributed by atoms with Gasteiger partial charge < -0.3 is 0 Å². The van der Waals surface area contributed by atoms with E-state index in [0.717, 1.165) is 0 Å². The molecule has 0 fully saturated rings. The Morgan fingerprint density at radius 3 is 2.11 bits per heavy atom. The summed E-state index contributed by atoms with van der Waals surface area (Å²) < 4.78 is 0. The molecule has 0 bridgehead atoms. The summed E-state index contributed by atoms with van der Waals surface area (Å²) in [5, 5.41) is 8.61. The van der Waals surface area contributed by atoms with E-state index in [9.17, 15) is 0 Å². The fourth-order valence-electron chi connectivity index (χ4n) is 0.244. The molecule has 0 radical (unpaired) electrons. The van der Waals surface area contributed by atoms with Crippen LogP contribution in [0.2, 0.25) is 0 Å². The van der Waals surface area contributed by atoms with Gasteiger partial charge in [-0.1, -0.05) is 32.4 Å². The van der Waals surface area contributed by atoms with Crippen LogP contribution in [0.1, 0.15) is 20.8 Å². The van der Waals surface area contributed by atoms with Crippen LogP contribution >= 0.6 is 11.6 Å². The molecule has 50 valence electrons. The number of nitrogens with zero attached hydrogens (tertiary/aromatic N) is 2. The van der Waals surface area contributed by atoms with Crippen molar-refractivity contribution in [2.45, 2.75) is 20.8 Å². The van der Waals surface area contributed by atoms with E-state index in [-0.39, 0.29) is 5.41 Å². The van der Waals surface area contributed by atoms with Gasteiger partial charge in [0.25, 0.3) is 0 Å². The second-order valence-corrected chi connectivity index (χ2v) is 3.25. The smallest absolute Gasteiger partial charge is 0.0805 e. The second-order valence-electron chi connectivity index (χ2n) is 2.84. The number of halogens is 1. The molecule has 0 N–H and O–H groups in total. The molecule has 0 unspecified atom stereocenters. The summed E-state index contributed by atoms with van der Waals surface area (Å²) in [7, 11) is 0. The summed E-state index contributed by atoms with van der Waals surface area (Å²) >= 11 is 5.66. The first-order valence-corrected chi connectivity index (χ1v) is 3.06. The van der Waals surface area contributed by atoms with E-state index in [1.807, 2.05) is 20.8 Å². The van der Waals surface area contributed by atoms with Gasteiger partial charge in [-0.05, 0) is 0 Å². The Bertz CT molecular complexity index is 159. The van der Waals surface area contributed by atoms with Crippen LogP contribution in [0, 0.1) is 10.8 Å². The predicted molar refractivity (Wildman–Crippen MR) is 38.5 cm³/mol. The first kappa shape index (κ1) is 8.45. The lowest BCUT2D eigenvalue weighted by Gasteiger charge is -2.12. The van der Waals surface area contributed by atoms with Crippen LogP contribution in [0.5, 0.6) is 0 Å². The third-order valence-corrected chi connectivity index (χ3v) is 1.55. The van der Waals surface area contributed by atoms with Gasteiger partial charge in [0, 0.05) is 5.41 Å². The molecular formula is C6H10ClN2+. The van der Waals surface area contributed by atoms with E-state index >= 15 is 0 Å². The van der Waals surface area contributed by atoms with Crippen LogP contribution in [-0.2, 0) is 0 Å². The highest BCUT2D eigenvalue weighted by Gasteiger charge is 2.18. The summed E-state index contributed by atoms with van der Waals surface area (Å²) in [6.45, 7) is 5.82. The van der Waals surface area contributed by atoms with E-state index in [4.69, 9.17) is 17.0 Å². The first-order valence-electron chi connectivity index (χ1n) is 2.69. The lowest BCUT2D eigenvalue weighted by molar-refractivity contribution is 0.530. The molecule has 0 saturated heterocycles. The molecule has 9 heavy (non-hydrogen) atoms. The second kappa shape index (κ2) is 2.84. The monoisotopic (exact) mass is 145 g/mol. The van der Waals surface area contributed by atoms with Gasteiger partial charge >= 0.3 is 6.20 Å². The van der Waals surface area contributed by atoms with E-state index in [2.05, 4.69) is 4.98 Å². The molecule has 2 nitrogen and oxygen atoms in total. The number of diazo groups is 1. The van der Waals surface area contributed by atoms with Crippen LogP contribution in [0.15, 0.2) is 11.2 Å². The highest BCUT2D eigenvalue weighted by Crippen LogP contribution is 2.27. The zero-order valence-corrected chi connectivity index (χ0v) is 6.61. The fraction of sp³-hybridized carbons (Fsp3) is 0.667. The SMILES string of the molecule is CC(C)(C)/C(Cl)=C/[N+]#N. The average Bonchev–Trinajstić information content (AvgIpc) is 1.64. The standard InChI is InChI=1S/C6H10ClN2/c1-6(2,3)5(7)4-9-8/h4H,1-3H3/q+1/b5-4-. The van der Waals surface area contributed by atoms with Crippen LogP contribution in [0.4, 0.5) is 0 Å². The van der Waals surface area contributed by atoms with Gasteiger partial charge in [-0.25, -0.2) is 0 Å². The Hall–Kier alpha value is -0.550. The van der Waals surface area contributed by atoms with Gasteiger partial charge in [0.15, 0.2) is 4.98 Å². The van der Waals surface area contributed by atoms with Gasteiger partial charge in [-0.3, -0.25) is 0 Å². The number of hydrogen-bond donors (Lipinski definition) is 0. The highest BCUT2D eigenvalue weighted by atomic mass is 35.5. The lowest BCUT2D eigenvalue weighted by atomic mass is 9.97. The van der Waals surface area contributed by atoms with Crippen LogP contribution in [-0.4, -0.2) is 0 Å². The molecule has 0 aliphatic carbocycles. The maximum absolute atomic E-state index is 8.06. The van der Waals surface area contributed by atoms with E-state index in [1.54, 1.807) is 0 Å². The van der Waals surface area contributed by atoms with Crippen molar-refractivity contribution in [3.63, 3.8) is 0 Å². The number of rotatable bonds is 0. The molecular weight excluding hydrogens is 136 g/mol. The van der Waals surface area contributed by atoms with Gasteiger partial charge in [-0.2, -0.15) is 0 Å². The zero-order chi connectivity index (χ0) is 7.49. The Balaban J connectivity index is 4.25. The summed E-state index contributed by atoms with van der Waals surface area (Å²) in [4.78, 5) is 2.81. The summed E-state index contributed by atoms with van der Waals surface area (Å²) in [5.41, 5.74) is -0.117. The maximum atomic E-state index is 8.06. The third-order valence-electron chi connectivity index (χ3n) is 0.888. The Morgan fingerprint density at radius 1 is 1.56 bits per heavy atom. The maximum Gasteiger partial charge on any atom is 0.365 e. The summed E-state index contributed by atoms with van der Waals surface area (Å²) in [6, 6.07) is 0. The van der Waals surface area contributed by atoms with Crippen molar-refractivity contribution < 1.29 is 0 Å². The molecule has 0 aromatic carbocycles. The predicted octanol–water partition coefficient (Wildman–Crippen LogP) is 2.97. The van der Waals surface area contributed by atoms with Crippen molar-refractivity contribution >= 4 is 11.6 Å². The van der Waals surface area contributed by atoms with E-state index < -0.39 is 0 Å². The van der Waals surface area contributed by atoms with Crippen molar-refractivity contribution in [1.82, 2.24) is 0 Å². The van der Waals surface area contributed by atoms with Crippen molar-refractivity contribution in [2.75, 3.05) is 0 Å². The molecule has 0 aliphatic rings. The van der Waals surface area contributed by atoms with Crippen LogP contribution in [0.3, 0.4) is 0 Å². The molecule has 0 aliphatic heterocycles. The largest absolute Gasteiger partial charge is 0.365 e. The quantitative estimate of drug-likeness (QED) is 0.482. The molecule has 0 rings (SSSR count). The van der Waals surface area contributed by atoms with Gasteiger partial charge in [0.2, 0.25) is 5.39 Å². The van der Waals surface area contributed by atoms with E-state index in [1.165, 1.54) is 6.20 Å². The molecule has 0 amide bonds. The van der Waals surface area contributed by atoms with Crippen molar-refractivity contribution in [3.05, 3.63) is 16.2 Å². The average molecular weight is 146 g/mol. The number of allylic oxidation sites excluding steroid dienone is 1. The Labute approximate surface area is 60.1 Å². The highest BCUT2D eigenvalue weighted by molar-refractivity contribution is 6.30. The van der Waals surface area contributed by atoms with Crippen LogP contribution < -0.4 is 0 Å². The number of hydrogen-bond acceptors (Lipinski definition) is 1. The van der Waals surface area contributed by atoms with Crippen molar-refractivity contribution in [1.29, 1.82) is 5.39 Å². The molecule has 0 aromatic rings. The molecule has 0 atom stereocenters. The fourth-order valence-corrected chi connectivity index (χ4v) is 0.288. The Kier molecular flexibility index (Phi) is 2.66. The minimum Gasteiger partial charge on any atom is -0.0805 e. The topological polar surface area (TPSA) is 28.1 Å². The zero-order valence-electron chi connectivity index (χ0n) is 5.85. The molecule has 0 spiro atoms. The first-order chi connectivity index (χ1) is 3.98.